The first-order valence-electron chi connectivity index (χ1n) is 36.4. The molecule has 33 nitrogen and oxygen atoms in total. The van der Waals surface area contributed by atoms with Gasteiger partial charge in [0.25, 0.3) is 0 Å². The molecule has 14 saturated heterocycles. The van der Waals surface area contributed by atoms with Crippen LogP contribution in [0.3, 0.4) is 0 Å². The zero-order chi connectivity index (χ0) is 74.3. The first kappa shape index (κ1) is 85.1. The summed E-state index contributed by atoms with van der Waals surface area (Å²) in [6, 6.07) is 0. The van der Waals surface area contributed by atoms with E-state index in [1.165, 1.54) is 6.92 Å². The molecule has 14 aliphatic heterocycles. The van der Waals surface area contributed by atoms with Crippen LogP contribution in [0.15, 0.2) is 49.1 Å². The van der Waals surface area contributed by atoms with Crippen LogP contribution in [0.1, 0.15) is 125 Å². The Kier molecular flexibility index (Phi) is 26.2. The Morgan fingerprint density at radius 2 is 1.14 bits per heavy atom. The van der Waals surface area contributed by atoms with Crippen LogP contribution in [0.5, 0.6) is 0 Å². The van der Waals surface area contributed by atoms with E-state index in [1.54, 1.807) is 25.2 Å². The molecule has 0 aromatic carbocycles. The van der Waals surface area contributed by atoms with Crippen LogP contribution >= 0.6 is 0 Å². The number of hydrogen-bond acceptors (Lipinski definition) is 33. The van der Waals surface area contributed by atoms with Crippen molar-refractivity contribution in [2.75, 3.05) is 26.4 Å². The molecule has 14 aliphatic rings. The average molecular weight is 1570 g/mol. The van der Waals surface area contributed by atoms with E-state index in [2.05, 4.69) is 44.7 Å². The fourth-order valence-corrected chi connectivity index (χ4v) is 19.8. The predicted octanol–water partition coefficient (Wildman–Crippen LogP) is -6.62. The molecule has 0 aromatic heterocycles. The summed E-state index contributed by atoms with van der Waals surface area (Å²) in [6.45, 7) is 21.2. The standard InChI is InChI=1S/C69H104O33S2.2Na/c1-10-11-30(2)12-14-65(5,77)60-31(3)18-41-40(93-60)24-51-69(9,100-41)61(98-64-57(76)54(73)47(96-64)29-85-63-56(75)53(72)46(95-63)28-84-62-55(74)52(71)45(27-70)94-62)59-44(92-51)22-43-58(97-59)32(4)26-68(8)49(91-43)25-48-67(7,102-68)15-13-33-34(90-48)19-36-35(87-33)20-37-38(88-36)21-42-39(89-37)23-50(101-104(81,82)83)66(6,99-42)16-17-86-103(78,79)80;;/h10,12,14,32-64,70-77H,1-3,11,13,15-29H2,4-9H3,(H,78,79,80)(H,81,82,83);;/q;2*+1/p-2/b14-12+;;/t32-,33-,34+,35+,36-,37-,38+,39+,40+,41-,42-,43-,44+,45-,46-,47-,48-,49+,50-,51-,52-,53-,54-,55+,56+,57+,58+,59+,60-,61+,62-,63-,64+,65+,66+,67+,68-,69-;;/m0../s1. The van der Waals surface area contributed by atoms with Gasteiger partial charge in [-0.3, -0.25) is 8.37 Å². The Morgan fingerprint density at radius 1 is 0.613 bits per heavy atom. The summed E-state index contributed by atoms with van der Waals surface area (Å²) in [5, 5.41) is 87.6. The van der Waals surface area contributed by atoms with Crippen molar-refractivity contribution in [3.8, 4) is 0 Å². The summed E-state index contributed by atoms with van der Waals surface area (Å²) in [4.78, 5) is 0. The Hall–Kier alpha value is -0.300. The van der Waals surface area contributed by atoms with E-state index in [-0.39, 0.29) is 96.8 Å². The maximum atomic E-state index is 12.0. The van der Waals surface area contributed by atoms with Crippen molar-refractivity contribution in [1.29, 1.82) is 0 Å². The minimum atomic E-state index is -5.26. The third-order valence-electron chi connectivity index (χ3n) is 24.5. The molecule has 37 heteroatoms. The van der Waals surface area contributed by atoms with Crippen molar-refractivity contribution >= 4 is 20.8 Å². The number of allylic oxidation sites excluding steroid dienone is 3. The van der Waals surface area contributed by atoms with Crippen LogP contribution in [-0.2, 0) is 110 Å². The molecule has 0 unspecified atom stereocenters. The van der Waals surface area contributed by atoms with E-state index >= 15 is 0 Å². The van der Waals surface area contributed by atoms with Gasteiger partial charge >= 0.3 is 59.1 Å². The molecule has 14 fully saturated rings. The molecule has 0 amide bonds. The van der Waals surface area contributed by atoms with E-state index in [4.69, 9.17) is 84.7 Å². The zero-order valence-corrected chi connectivity index (χ0v) is 66.7. The number of rotatable bonds is 20. The quantitative estimate of drug-likeness (QED) is 0.0185. The Bertz CT molecular complexity index is 3380. The van der Waals surface area contributed by atoms with Crippen molar-refractivity contribution < 1.29 is 215 Å². The second kappa shape index (κ2) is 32.6. The molecule has 8 N–H and O–H groups in total. The normalized spacial score (nSPS) is 51.1. The van der Waals surface area contributed by atoms with Gasteiger partial charge in [0.05, 0.1) is 141 Å². The van der Waals surface area contributed by atoms with Crippen molar-refractivity contribution in [2.24, 2.45) is 5.92 Å². The van der Waals surface area contributed by atoms with Gasteiger partial charge in [-0.15, -0.1) is 6.58 Å². The molecule has 0 radical (unpaired) electrons. The molecule has 106 heavy (non-hydrogen) atoms. The zero-order valence-electron chi connectivity index (χ0n) is 61.0. The van der Waals surface area contributed by atoms with E-state index in [1.807, 2.05) is 6.92 Å². The molecule has 0 spiro atoms. The van der Waals surface area contributed by atoms with Gasteiger partial charge in [-0.25, -0.2) is 16.8 Å². The first-order chi connectivity index (χ1) is 48.9. The average Bonchev–Trinajstić information content (AvgIpc) is 1.09. The van der Waals surface area contributed by atoms with Crippen LogP contribution in [0.2, 0.25) is 0 Å². The van der Waals surface area contributed by atoms with Gasteiger partial charge < -0.3 is 130 Å². The third kappa shape index (κ3) is 17.1. The number of aliphatic hydroxyl groups is 8. The minimum absolute atomic E-state index is 0. The van der Waals surface area contributed by atoms with Crippen molar-refractivity contribution in [3.63, 3.8) is 0 Å². The Morgan fingerprint density at radius 3 is 1.75 bits per heavy atom. The molecule has 14 rings (SSSR count). The minimum Gasteiger partial charge on any atom is -0.726 e. The molecule has 38 atom stereocenters. The van der Waals surface area contributed by atoms with Gasteiger partial charge in [0, 0.05) is 51.4 Å². The van der Waals surface area contributed by atoms with Gasteiger partial charge in [-0.05, 0) is 78.2 Å². The van der Waals surface area contributed by atoms with Crippen molar-refractivity contribution in [2.45, 2.75) is 349 Å². The van der Waals surface area contributed by atoms with Crippen LogP contribution in [0.25, 0.3) is 0 Å². The van der Waals surface area contributed by atoms with Gasteiger partial charge in [-0.2, -0.15) is 0 Å². The Labute approximate surface area is 661 Å². The summed E-state index contributed by atoms with van der Waals surface area (Å²) in [7, 11) is -10.4. The molecule has 0 aromatic rings. The first-order valence-corrected chi connectivity index (χ1v) is 39.1. The number of fused-ring (bicyclic) bond motifs is 10. The molecular formula is C69H102Na2O33S2. The predicted molar refractivity (Wildman–Crippen MR) is 347 cm³/mol. The summed E-state index contributed by atoms with van der Waals surface area (Å²) in [5.74, 6) is -0.216. The second-order valence-electron chi connectivity index (χ2n) is 32.2. The summed E-state index contributed by atoms with van der Waals surface area (Å²) < 4.78 is 192. The molecule has 0 bridgehead atoms. The van der Waals surface area contributed by atoms with Crippen molar-refractivity contribution in [1.82, 2.24) is 0 Å². The fraction of sp³-hybridized carbons (Fsp3) is 0.884. The van der Waals surface area contributed by atoms with Crippen molar-refractivity contribution in [3.05, 3.63) is 49.1 Å². The second-order valence-corrected chi connectivity index (χ2v) is 34.2. The van der Waals surface area contributed by atoms with E-state index in [0.717, 1.165) is 5.57 Å². The summed E-state index contributed by atoms with van der Waals surface area (Å²) >= 11 is 0. The molecule has 14 heterocycles. The van der Waals surface area contributed by atoms with Crippen LogP contribution in [-0.4, -0.2) is 317 Å². The number of ether oxygens (including phenoxy) is 17. The van der Waals surface area contributed by atoms with Crippen LogP contribution in [0.4, 0.5) is 0 Å². The maximum Gasteiger partial charge on any atom is 1.00 e. The SMILES string of the molecule is C=CCC(=C)/C=C/[C@@](C)(O)[C@H]1O[C@@H]2C[C@@H]3O[C@@H]4C[C@@H]5O[C@@H]6C[C@@H]7O[C@@H]8C[C@@H]9O[C@@H]%10C[C@@H]%11O[C@](C)(CCOS(=O)(=O)[O-])[C@@H](OS(=O)(=O)[O-])C[C@H]%11O[C@H]%10C[C@H]9O[C@H]8CC[C@@]7(C)O[C@@]6(C)C[C@H](C)[C@H]5O[C@H]4[C@@H](O[C@H]4O[C@@H](CO[C@H]5O[C@@H](CO[C@H]6O[C@@H](CO)[C@H](O)[C@H]6O)[C@H](O)[C@H]5O)[C@H](O)[C@H]4O)[C@@]3(C)O[C@H]2CC1=C.[Na+].[Na+]. The Balaban J connectivity index is 0.00000526. The molecule has 0 saturated carbocycles. The van der Waals surface area contributed by atoms with Crippen LogP contribution in [0, 0.1) is 5.92 Å². The van der Waals surface area contributed by atoms with Gasteiger partial charge in [0.15, 0.2) is 18.9 Å². The number of aliphatic hydroxyl groups excluding tert-OH is 7. The van der Waals surface area contributed by atoms with Gasteiger partial charge in [0.2, 0.25) is 20.8 Å². The molecular weight excluding hydrogens is 1470 g/mol. The molecule has 590 valence electrons. The van der Waals surface area contributed by atoms with Gasteiger partial charge in [-0.1, -0.05) is 43.9 Å². The van der Waals surface area contributed by atoms with E-state index < -0.39 is 265 Å². The van der Waals surface area contributed by atoms with E-state index in [9.17, 15) is 66.8 Å². The fourth-order valence-electron chi connectivity index (χ4n) is 19.0. The summed E-state index contributed by atoms with van der Waals surface area (Å²) in [6.07, 6.45) is -21.4. The summed E-state index contributed by atoms with van der Waals surface area (Å²) in [5.41, 5.74) is -4.83. The van der Waals surface area contributed by atoms with Crippen LogP contribution < -0.4 is 59.1 Å². The smallest absolute Gasteiger partial charge is 0.726 e. The monoisotopic (exact) mass is 1570 g/mol. The molecule has 0 aliphatic carbocycles. The van der Waals surface area contributed by atoms with E-state index in [0.29, 0.717) is 63.4 Å². The maximum absolute atomic E-state index is 12.0. The topological polar surface area (TPSA) is 452 Å². The third-order valence-corrected chi connectivity index (χ3v) is 25.4. The largest absolute Gasteiger partial charge is 1.00 e. The number of hydrogen-bond donors (Lipinski definition) is 8. The van der Waals surface area contributed by atoms with Gasteiger partial charge in [0.1, 0.15) is 90.6 Å².